The minimum absolute atomic E-state index is 0.145. The van der Waals surface area contributed by atoms with E-state index in [-0.39, 0.29) is 6.90 Å². The summed E-state index contributed by atoms with van der Waals surface area (Å²) < 4.78 is 13.6. The Kier molecular flexibility index (Phi) is 2.11. The Morgan fingerprint density at radius 2 is 1.95 bits per heavy atom. The molecule has 4 aromatic rings. The summed E-state index contributed by atoms with van der Waals surface area (Å²) in [6.07, 6.45) is 1.74. The van der Waals surface area contributed by atoms with Crippen molar-refractivity contribution in [2.45, 2.75) is 6.90 Å². The summed E-state index contributed by atoms with van der Waals surface area (Å²) in [5.74, 6) is 0. The van der Waals surface area contributed by atoms with Gasteiger partial charge >= 0.3 is 0 Å². The second-order valence-corrected chi connectivity index (χ2v) is 4.66. The lowest BCUT2D eigenvalue weighted by atomic mass is 10.1. The average molecular weight is 261 g/mol. The van der Waals surface area contributed by atoms with Gasteiger partial charge in [-0.25, -0.2) is 4.98 Å². The molecule has 0 unspecified atom stereocenters. The third-order valence-corrected chi connectivity index (χ3v) is 3.34. The van der Waals surface area contributed by atoms with Gasteiger partial charge in [0.2, 0.25) is 0 Å². The monoisotopic (exact) mass is 261 g/mol. The molecule has 0 aliphatic rings. The Labute approximate surface area is 117 Å². The van der Waals surface area contributed by atoms with E-state index in [0.717, 1.165) is 39.0 Å². The Hall–Kier alpha value is -2.68. The Morgan fingerprint density at radius 3 is 2.80 bits per heavy atom. The highest BCUT2D eigenvalue weighted by Gasteiger charge is 2.12. The number of aromatic nitrogens is 2. The van der Waals surface area contributed by atoms with Crippen LogP contribution < -0.4 is 0 Å². The second kappa shape index (κ2) is 4.17. The van der Waals surface area contributed by atoms with Crippen molar-refractivity contribution in [3.63, 3.8) is 0 Å². The molecule has 0 saturated heterocycles. The molecular weight excluding hydrogens is 248 g/mol. The first-order chi connectivity index (χ1) is 10.4. The first-order valence-electron chi connectivity index (χ1n) is 7.09. The standard InChI is InChI=1S/C17H12N2O/c1-11-10-15-17(12-6-2-3-8-14(12)20-15)19-16(11)13-7-4-5-9-18-13/h2-10H,1H3/i1D. The van der Waals surface area contributed by atoms with E-state index >= 15 is 0 Å². The van der Waals surface area contributed by atoms with Crippen LogP contribution in [0.15, 0.2) is 59.1 Å². The zero-order chi connectivity index (χ0) is 14.2. The Morgan fingerprint density at radius 1 is 1.05 bits per heavy atom. The van der Waals surface area contributed by atoms with Crippen molar-refractivity contribution in [1.82, 2.24) is 9.97 Å². The molecular formula is C17H12N2O. The van der Waals surface area contributed by atoms with E-state index in [9.17, 15) is 0 Å². The van der Waals surface area contributed by atoms with Crippen LogP contribution in [0.1, 0.15) is 6.93 Å². The Bertz CT molecular complexity index is 931. The van der Waals surface area contributed by atoms with E-state index in [0.29, 0.717) is 0 Å². The molecule has 0 N–H and O–H groups in total. The number of benzene rings is 1. The maximum atomic E-state index is 7.73. The maximum absolute atomic E-state index is 7.73. The van der Waals surface area contributed by atoms with Crippen LogP contribution >= 0.6 is 0 Å². The van der Waals surface area contributed by atoms with Crippen LogP contribution in [-0.2, 0) is 0 Å². The minimum atomic E-state index is 0.145. The first kappa shape index (κ1) is 10.1. The van der Waals surface area contributed by atoms with Gasteiger partial charge in [0.1, 0.15) is 11.1 Å². The molecule has 3 aromatic heterocycles. The van der Waals surface area contributed by atoms with Gasteiger partial charge in [-0.15, -0.1) is 0 Å². The van der Waals surface area contributed by atoms with Crippen LogP contribution in [0.4, 0.5) is 0 Å². The van der Waals surface area contributed by atoms with E-state index in [1.807, 2.05) is 48.5 Å². The van der Waals surface area contributed by atoms with Crippen LogP contribution in [0, 0.1) is 6.90 Å². The van der Waals surface area contributed by atoms with Crippen molar-refractivity contribution >= 4 is 22.1 Å². The van der Waals surface area contributed by atoms with Gasteiger partial charge in [-0.05, 0) is 42.8 Å². The minimum Gasteiger partial charge on any atom is -0.454 e. The van der Waals surface area contributed by atoms with Crippen LogP contribution in [-0.4, -0.2) is 9.97 Å². The van der Waals surface area contributed by atoms with Gasteiger partial charge in [0.25, 0.3) is 0 Å². The molecule has 3 nitrogen and oxygen atoms in total. The quantitative estimate of drug-likeness (QED) is 0.511. The fraction of sp³-hybridized carbons (Fsp3) is 0.0588. The fourth-order valence-electron chi connectivity index (χ4n) is 2.40. The van der Waals surface area contributed by atoms with Crippen molar-refractivity contribution in [2.75, 3.05) is 0 Å². The number of rotatable bonds is 1. The lowest BCUT2D eigenvalue weighted by molar-refractivity contribution is 0.668. The van der Waals surface area contributed by atoms with Crippen molar-refractivity contribution in [3.8, 4) is 11.4 Å². The molecule has 0 atom stereocenters. The molecule has 0 aliphatic heterocycles. The predicted octanol–water partition coefficient (Wildman–Crippen LogP) is 4.35. The van der Waals surface area contributed by atoms with Gasteiger partial charge in [0, 0.05) is 13.0 Å². The lowest BCUT2D eigenvalue weighted by Gasteiger charge is -2.03. The summed E-state index contributed by atoms with van der Waals surface area (Å²) in [4.78, 5) is 9.08. The average Bonchev–Trinajstić information content (AvgIpc) is 2.92. The van der Waals surface area contributed by atoms with Gasteiger partial charge in [0.05, 0.1) is 11.4 Å². The summed E-state index contributed by atoms with van der Waals surface area (Å²) >= 11 is 0. The Balaban J connectivity index is 2.08. The van der Waals surface area contributed by atoms with Gasteiger partial charge in [-0.3, -0.25) is 4.98 Å². The van der Waals surface area contributed by atoms with Crippen LogP contribution in [0.2, 0.25) is 0 Å². The van der Waals surface area contributed by atoms with E-state index in [2.05, 4.69) is 4.98 Å². The molecule has 96 valence electrons. The third-order valence-electron chi connectivity index (χ3n) is 3.34. The van der Waals surface area contributed by atoms with Crippen LogP contribution in [0.25, 0.3) is 33.5 Å². The number of nitrogens with zero attached hydrogens (tertiary/aromatic N) is 2. The van der Waals surface area contributed by atoms with Crippen molar-refractivity contribution < 1.29 is 5.79 Å². The first-order valence-corrected chi connectivity index (χ1v) is 6.38. The molecule has 0 saturated carbocycles. The van der Waals surface area contributed by atoms with Gasteiger partial charge in [-0.2, -0.15) is 0 Å². The molecule has 0 radical (unpaired) electrons. The van der Waals surface area contributed by atoms with Crippen LogP contribution in [0.3, 0.4) is 0 Å². The third kappa shape index (κ3) is 1.60. The largest absolute Gasteiger partial charge is 0.454 e. The molecule has 4 rings (SSSR count). The highest BCUT2D eigenvalue weighted by atomic mass is 16.3. The smallest absolute Gasteiger partial charge is 0.154 e. The molecule has 0 amide bonds. The van der Waals surface area contributed by atoms with E-state index < -0.39 is 0 Å². The second-order valence-electron chi connectivity index (χ2n) is 4.66. The number of hydrogen-bond donors (Lipinski definition) is 0. The zero-order valence-electron chi connectivity index (χ0n) is 11.7. The fourth-order valence-corrected chi connectivity index (χ4v) is 2.40. The van der Waals surface area contributed by atoms with Crippen LogP contribution in [0.5, 0.6) is 0 Å². The summed E-state index contributed by atoms with van der Waals surface area (Å²) in [5.41, 5.74) is 4.72. The molecule has 1 aromatic carbocycles. The molecule has 3 heterocycles. The number of fused-ring (bicyclic) bond motifs is 3. The molecule has 0 aliphatic carbocycles. The number of para-hydroxylation sites is 1. The van der Waals surface area contributed by atoms with E-state index in [4.69, 9.17) is 10.8 Å². The zero-order valence-corrected chi connectivity index (χ0v) is 10.7. The molecule has 0 spiro atoms. The highest BCUT2D eigenvalue weighted by Crippen LogP contribution is 2.30. The normalized spacial score (nSPS) is 11.9. The van der Waals surface area contributed by atoms with Gasteiger partial charge in [-0.1, -0.05) is 18.2 Å². The number of furan rings is 1. The molecule has 20 heavy (non-hydrogen) atoms. The topological polar surface area (TPSA) is 38.9 Å². The SMILES string of the molecule is [2H]Cc1cc2oc3ccccc3c2nc1-c1ccccn1. The maximum Gasteiger partial charge on any atom is 0.154 e. The molecule has 0 fully saturated rings. The van der Waals surface area contributed by atoms with Gasteiger partial charge < -0.3 is 4.42 Å². The highest BCUT2D eigenvalue weighted by molar-refractivity contribution is 6.03. The number of pyridine rings is 2. The van der Waals surface area contributed by atoms with Crippen molar-refractivity contribution in [1.29, 1.82) is 0 Å². The summed E-state index contributed by atoms with van der Waals surface area (Å²) in [6.45, 7) is 0.145. The van der Waals surface area contributed by atoms with Gasteiger partial charge in [0.15, 0.2) is 5.58 Å². The predicted molar refractivity (Wildman–Crippen MR) is 79.5 cm³/mol. The van der Waals surface area contributed by atoms with Crippen molar-refractivity contribution in [3.05, 3.63) is 60.3 Å². The lowest BCUT2D eigenvalue weighted by Crippen LogP contribution is -1.90. The summed E-state index contributed by atoms with van der Waals surface area (Å²) in [7, 11) is 0. The summed E-state index contributed by atoms with van der Waals surface area (Å²) in [6, 6.07) is 15.4. The summed E-state index contributed by atoms with van der Waals surface area (Å²) in [5, 5.41) is 0.987. The number of aryl methyl sites for hydroxylation is 1. The number of hydrogen-bond acceptors (Lipinski definition) is 3. The molecule has 0 bridgehead atoms. The van der Waals surface area contributed by atoms with E-state index in [1.54, 1.807) is 6.20 Å². The van der Waals surface area contributed by atoms with Crippen molar-refractivity contribution in [2.24, 2.45) is 0 Å². The van der Waals surface area contributed by atoms with E-state index in [1.165, 1.54) is 0 Å². The molecule has 3 heteroatoms.